The van der Waals surface area contributed by atoms with E-state index in [1.54, 1.807) is 0 Å². The number of hydrogen-bond acceptors (Lipinski definition) is 3. The number of primary amides is 1. The van der Waals surface area contributed by atoms with E-state index in [0.717, 1.165) is 6.61 Å². The number of rotatable bonds is 8. The smallest absolute Gasteiger partial charge is 0.246 e. The molecule has 0 rings (SSSR count). The van der Waals surface area contributed by atoms with Crippen molar-refractivity contribution in [2.75, 3.05) is 19.8 Å². The summed E-state index contributed by atoms with van der Waals surface area (Å²) in [5.41, 5.74) is 5.11. The van der Waals surface area contributed by atoms with Crippen LogP contribution in [0.4, 0.5) is 0 Å². The van der Waals surface area contributed by atoms with Gasteiger partial charge in [0.05, 0.1) is 13.2 Å². The number of hydrogen-bond donors (Lipinski definition) is 1. The molecule has 84 valence electrons. The second-order valence-corrected chi connectivity index (χ2v) is 3.64. The predicted octanol–water partition coefficient (Wildman–Crippen LogP) is 0.940. The fourth-order valence-corrected chi connectivity index (χ4v) is 0.970. The summed E-state index contributed by atoms with van der Waals surface area (Å²) in [7, 11) is 0. The van der Waals surface area contributed by atoms with Crippen LogP contribution in [0.15, 0.2) is 0 Å². The van der Waals surface area contributed by atoms with Crippen LogP contribution in [0.1, 0.15) is 27.2 Å². The van der Waals surface area contributed by atoms with Crippen molar-refractivity contribution in [3.05, 3.63) is 0 Å². The molecule has 0 aliphatic carbocycles. The maximum Gasteiger partial charge on any atom is 0.246 e. The molecule has 0 fully saturated rings. The number of carbonyl (C=O) groups is 1. The van der Waals surface area contributed by atoms with E-state index in [1.807, 2.05) is 6.92 Å². The summed E-state index contributed by atoms with van der Waals surface area (Å²) in [5.74, 6) is 0.115. The van der Waals surface area contributed by atoms with Crippen molar-refractivity contribution < 1.29 is 14.3 Å². The third-order valence-electron chi connectivity index (χ3n) is 1.69. The van der Waals surface area contributed by atoms with Gasteiger partial charge in [-0.15, -0.1) is 0 Å². The SMILES string of the molecule is CCC(OCCOCC(C)C)C(N)=O. The van der Waals surface area contributed by atoms with Crippen LogP contribution in [-0.2, 0) is 14.3 Å². The average molecular weight is 203 g/mol. The lowest BCUT2D eigenvalue weighted by Gasteiger charge is -2.12. The third-order valence-corrected chi connectivity index (χ3v) is 1.69. The normalized spacial score (nSPS) is 13.1. The molecular weight excluding hydrogens is 182 g/mol. The minimum absolute atomic E-state index is 0.406. The quantitative estimate of drug-likeness (QED) is 0.597. The van der Waals surface area contributed by atoms with Crippen molar-refractivity contribution in [3.8, 4) is 0 Å². The maximum absolute atomic E-state index is 10.8. The van der Waals surface area contributed by atoms with Crippen molar-refractivity contribution in [1.29, 1.82) is 0 Å². The molecule has 1 amide bonds. The zero-order chi connectivity index (χ0) is 11.0. The first-order valence-electron chi connectivity index (χ1n) is 5.06. The van der Waals surface area contributed by atoms with Gasteiger partial charge in [0.1, 0.15) is 6.10 Å². The van der Waals surface area contributed by atoms with Crippen LogP contribution in [-0.4, -0.2) is 31.8 Å². The fourth-order valence-electron chi connectivity index (χ4n) is 0.970. The molecule has 0 bridgehead atoms. The number of carbonyl (C=O) groups excluding carboxylic acids is 1. The molecule has 0 spiro atoms. The van der Waals surface area contributed by atoms with Crippen LogP contribution < -0.4 is 5.73 Å². The molecule has 14 heavy (non-hydrogen) atoms. The lowest BCUT2D eigenvalue weighted by Crippen LogP contribution is -2.31. The summed E-state index contributed by atoms with van der Waals surface area (Å²) in [6.45, 7) is 7.69. The van der Waals surface area contributed by atoms with E-state index in [1.165, 1.54) is 0 Å². The van der Waals surface area contributed by atoms with E-state index in [9.17, 15) is 4.79 Å². The van der Waals surface area contributed by atoms with Gasteiger partial charge in [-0.05, 0) is 12.3 Å². The summed E-state index contributed by atoms with van der Waals surface area (Å²) in [4.78, 5) is 10.8. The summed E-state index contributed by atoms with van der Waals surface area (Å²) >= 11 is 0. The van der Waals surface area contributed by atoms with E-state index in [2.05, 4.69) is 13.8 Å². The molecule has 0 aromatic carbocycles. The highest BCUT2D eigenvalue weighted by molar-refractivity contribution is 5.78. The van der Waals surface area contributed by atoms with Crippen molar-refractivity contribution in [3.63, 3.8) is 0 Å². The van der Waals surface area contributed by atoms with Crippen LogP contribution in [0.5, 0.6) is 0 Å². The van der Waals surface area contributed by atoms with Crippen LogP contribution >= 0.6 is 0 Å². The first kappa shape index (κ1) is 13.4. The van der Waals surface area contributed by atoms with E-state index < -0.39 is 12.0 Å². The van der Waals surface area contributed by atoms with Gasteiger partial charge < -0.3 is 15.2 Å². The number of ether oxygens (including phenoxy) is 2. The number of nitrogens with two attached hydrogens (primary N) is 1. The third kappa shape index (κ3) is 6.86. The van der Waals surface area contributed by atoms with Gasteiger partial charge in [-0.2, -0.15) is 0 Å². The maximum atomic E-state index is 10.8. The Hall–Kier alpha value is -0.610. The van der Waals surface area contributed by atoms with Crippen molar-refractivity contribution in [2.45, 2.75) is 33.3 Å². The van der Waals surface area contributed by atoms with Gasteiger partial charge >= 0.3 is 0 Å². The van der Waals surface area contributed by atoms with Crippen LogP contribution in [0.25, 0.3) is 0 Å². The minimum Gasteiger partial charge on any atom is -0.379 e. The topological polar surface area (TPSA) is 61.6 Å². The lowest BCUT2D eigenvalue weighted by molar-refractivity contribution is -0.130. The van der Waals surface area contributed by atoms with E-state index in [4.69, 9.17) is 15.2 Å². The van der Waals surface area contributed by atoms with E-state index in [0.29, 0.717) is 25.6 Å². The molecule has 0 aliphatic rings. The Morgan fingerprint density at radius 1 is 1.36 bits per heavy atom. The minimum atomic E-state index is -0.474. The van der Waals surface area contributed by atoms with E-state index >= 15 is 0 Å². The highest BCUT2D eigenvalue weighted by Gasteiger charge is 2.12. The first-order valence-corrected chi connectivity index (χ1v) is 5.06. The second-order valence-electron chi connectivity index (χ2n) is 3.64. The molecule has 1 unspecified atom stereocenters. The molecule has 0 saturated carbocycles. The van der Waals surface area contributed by atoms with Gasteiger partial charge in [0.2, 0.25) is 5.91 Å². The van der Waals surface area contributed by atoms with Gasteiger partial charge in [0, 0.05) is 6.61 Å². The summed E-state index contributed by atoms with van der Waals surface area (Å²) in [6.07, 6.45) is 0.136. The number of amides is 1. The summed E-state index contributed by atoms with van der Waals surface area (Å²) in [5, 5.41) is 0. The molecule has 0 saturated heterocycles. The molecule has 2 N–H and O–H groups in total. The first-order chi connectivity index (χ1) is 6.57. The Balaban J connectivity index is 3.38. The van der Waals surface area contributed by atoms with Gasteiger partial charge in [-0.3, -0.25) is 4.79 Å². The van der Waals surface area contributed by atoms with Crippen molar-refractivity contribution in [2.24, 2.45) is 11.7 Å². The monoisotopic (exact) mass is 203 g/mol. The molecular formula is C10H21NO3. The van der Waals surface area contributed by atoms with Gasteiger partial charge in [-0.1, -0.05) is 20.8 Å². The molecule has 0 radical (unpaired) electrons. The van der Waals surface area contributed by atoms with Gasteiger partial charge in [0.25, 0.3) is 0 Å². The second kappa shape index (κ2) is 7.76. The van der Waals surface area contributed by atoms with Gasteiger partial charge in [0.15, 0.2) is 0 Å². The molecule has 1 atom stereocenters. The summed E-state index contributed by atoms with van der Waals surface area (Å²) in [6, 6.07) is 0. The van der Waals surface area contributed by atoms with Gasteiger partial charge in [-0.25, -0.2) is 0 Å². The Morgan fingerprint density at radius 3 is 2.43 bits per heavy atom. The summed E-state index contributed by atoms with van der Waals surface area (Å²) < 4.78 is 10.5. The lowest BCUT2D eigenvalue weighted by atomic mass is 10.2. The largest absolute Gasteiger partial charge is 0.379 e. The standard InChI is InChI=1S/C10H21NO3/c1-4-9(10(11)12)14-6-5-13-7-8(2)3/h8-9H,4-7H2,1-3H3,(H2,11,12). The highest BCUT2D eigenvalue weighted by Crippen LogP contribution is 1.97. The fraction of sp³-hybridized carbons (Fsp3) is 0.900. The zero-order valence-electron chi connectivity index (χ0n) is 9.29. The zero-order valence-corrected chi connectivity index (χ0v) is 9.29. The van der Waals surface area contributed by atoms with Crippen molar-refractivity contribution >= 4 is 5.91 Å². The van der Waals surface area contributed by atoms with Crippen molar-refractivity contribution in [1.82, 2.24) is 0 Å². The van der Waals surface area contributed by atoms with Crippen LogP contribution in [0.3, 0.4) is 0 Å². The average Bonchev–Trinajstić information content (AvgIpc) is 2.10. The molecule has 4 heteroatoms. The molecule has 4 nitrogen and oxygen atoms in total. The van der Waals surface area contributed by atoms with E-state index in [-0.39, 0.29) is 0 Å². The highest BCUT2D eigenvalue weighted by atomic mass is 16.5. The van der Waals surface area contributed by atoms with Crippen LogP contribution in [0.2, 0.25) is 0 Å². The van der Waals surface area contributed by atoms with Crippen LogP contribution in [0, 0.1) is 5.92 Å². The molecule has 0 aliphatic heterocycles. The molecule has 0 aromatic heterocycles. The molecule has 0 aromatic rings. The Labute approximate surface area is 85.8 Å². The Morgan fingerprint density at radius 2 is 2.00 bits per heavy atom. The predicted molar refractivity (Wildman–Crippen MR) is 54.9 cm³/mol. The molecule has 0 heterocycles. The Bertz CT molecular complexity index is 159. The Kier molecular flexibility index (Phi) is 7.42.